The molecule has 0 aromatic carbocycles. The van der Waals surface area contributed by atoms with Gasteiger partial charge in [-0.05, 0) is 37.8 Å². The number of hydrogen-bond donors (Lipinski definition) is 1. The van der Waals surface area contributed by atoms with Gasteiger partial charge in [-0.2, -0.15) is 0 Å². The zero-order valence-corrected chi connectivity index (χ0v) is 12.8. The molecule has 0 fully saturated rings. The van der Waals surface area contributed by atoms with E-state index in [0.29, 0.717) is 8.95 Å². The number of alkyl halides is 2. The van der Waals surface area contributed by atoms with Gasteiger partial charge in [0.05, 0.1) is 9.35 Å². The van der Waals surface area contributed by atoms with E-state index in [4.69, 9.17) is 5.11 Å². The normalized spacial score (nSPS) is 13.7. The molecule has 1 aromatic rings. The second kappa shape index (κ2) is 5.75. The molecule has 17 heavy (non-hydrogen) atoms. The number of thiophene rings is 1. The number of hydrogen-bond acceptors (Lipinski definition) is 2. The standard InChI is InChI=1S/C10H10Br2F2O2S/c1-5(2-7(15)16)3-10(13,14)9-8(12)6(11)4-17-9/h4-5H,2-3H2,1H3,(H,15,16). The Hall–Kier alpha value is -0.0100. The fraction of sp³-hybridized carbons (Fsp3) is 0.500. The molecule has 1 atom stereocenters. The molecule has 0 spiro atoms. The maximum absolute atomic E-state index is 13.9. The van der Waals surface area contributed by atoms with Crippen LogP contribution in [0.4, 0.5) is 8.78 Å². The predicted octanol–water partition coefficient (Wildman–Crippen LogP) is 4.87. The Labute approximate surface area is 118 Å². The number of carboxylic acids is 1. The van der Waals surface area contributed by atoms with Crippen molar-refractivity contribution in [3.05, 3.63) is 19.2 Å². The lowest BCUT2D eigenvalue weighted by Gasteiger charge is -2.19. The van der Waals surface area contributed by atoms with Crippen molar-refractivity contribution in [2.24, 2.45) is 5.92 Å². The van der Waals surface area contributed by atoms with Gasteiger partial charge in [-0.3, -0.25) is 4.79 Å². The summed E-state index contributed by atoms with van der Waals surface area (Å²) < 4.78 is 28.7. The van der Waals surface area contributed by atoms with E-state index in [1.807, 2.05) is 0 Å². The van der Waals surface area contributed by atoms with Crippen molar-refractivity contribution in [3.63, 3.8) is 0 Å². The molecule has 0 saturated heterocycles. The average Bonchev–Trinajstić information content (AvgIpc) is 2.45. The van der Waals surface area contributed by atoms with Crippen molar-refractivity contribution >= 4 is 49.2 Å². The fourth-order valence-electron chi connectivity index (χ4n) is 1.47. The van der Waals surface area contributed by atoms with Gasteiger partial charge in [-0.15, -0.1) is 11.3 Å². The number of carbonyl (C=O) groups is 1. The summed E-state index contributed by atoms with van der Waals surface area (Å²) in [6, 6.07) is 0. The van der Waals surface area contributed by atoms with E-state index in [0.717, 1.165) is 11.3 Å². The lowest BCUT2D eigenvalue weighted by Crippen LogP contribution is -2.18. The molecule has 0 aliphatic heterocycles. The quantitative estimate of drug-likeness (QED) is 0.777. The SMILES string of the molecule is CC(CC(=O)O)CC(F)(F)c1scc(Br)c1Br. The molecule has 1 heterocycles. The Morgan fingerprint density at radius 1 is 1.59 bits per heavy atom. The first-order chi connectivity index (χ1) is 7.74. The molecule has 0 bridgehead atoms. The predicted molar refractivity (Wildman–Crippen MR) is 69.6 cm³/mol. The molecule has 1 N–H and O–H groups in total. The number of halogens is 4. The van der Waals surface area contributed by atoms with Gasteiger partial charge in [0.1, 0.15) is 0 Å². The van der Waals surface area contributed by atoms with Crippen LogP contribution >= 0.6 is 43.2 Å². The van der Waals surface area contributed by atoms with E-state index in [9.17, 15) is 13.6 Å². The molecule has 96 valence electrons. The third kappa shape index (κ3) is 3.99. The van der Waals surface area contributed by atoms with Crippen LogP contribution in [0.25, 0.3) is 0 Å². The minimum atomic E-state index is -3.01. The number of carboxylic acid groups (broad SMARTS) is 1. The molecule has 1 rings (SSSR count). The minimum Gasteiger partial charge on any atom is -0.481 e. The second-order valence-electron chi connectivity index (χ2n) is 3.84. The lowest BCUT2D eigenvalue weighted by atomic mass is 9.99. The topological polar surface area (TPSA) is 37.3 Å². The van der Waals surface area contributed by atoms with Crippen molar-refractivity contribution in [2.75, 3.05) is 0 Å². The number of aliphatic carboxylic acids is 1. The van der Waals surface area contributed by atoms with Crippen LogP contribution in [0.5, 0.6) is 0 Å². The Kier molecular flexibility index (Phi) is 5.09. The van der Waals surface area contributed by atoms with Gasteiger partial charge in [-0.25, -0.2) is 8.78 Å². The third-order valence-electron chi connectivity index (χ3n) is 2.15. The molecule has 0 amide bonds. The van der Waals surface area contributed by atoms with Gasteiger partial charge in [0.2, 0.25) is 0 Å². The zero-order valence-electron chi connectivity index (χ0n) is 8.84. The van der Waals surface area contributed by atoms with Crippen LogP contribution in [0.1, 0.15) is 24.6 Å². The molecular formula is C10H10Br2F2O2S. The molecule has 1 unspecified atom stereocenters. The van der Waals surface area contributed by atoms with Crippen LogP contribution in [-0.4, -0.2) is 11.1 Å². The average molecular weight is 392 g/mol. The summed E-state index contributed by atoms with van der Waals surface area (Å²) in [5.74, 6) is -4.64. The highest BCUT2D eigenvalue weighted by Gasteiger charge is 2.37. The largest absolute Gasteiger partial charge is 0.481 e. The lowest BCUT2D eigenvalue weighted by molar-refractivity contribution is -0.138. The first-order valence-electron chi connectivity index (χ1n) is 4.76. The van der Waals surface area contributed by atoms with Crippen molar-refractivity contribution in [1.29, 1.82) is 0 Å². The smallest absolute Gasteiger partial charge is 0.303 e. The van der Waals surface area contributed by atoms with Gasteiger partial charge in [-0.1, -0.05) is 6.92 Å². The first kappa shape index (κ1) is 15.0. The van der Waals surface area contributed by atoms with Crippen molar-refractivity contribution in [3.8, 4) is 0 Å². The summed E-state index contributed by atoms with van der Waals surface area (Å²) in [4.78, 5) is 10.4. The molecular weight excluding hydrogens is 382 g/mol. The summed E-state index contributed by atoms with van der Waals surface area (Å²) in [7, 11) is 0. The maximum atomic E-state index is 13.9. The van der Waals surface area contributed by atoms with E-state index in [-0.39, 0.29) is 11.3 Å². The highest BCUT2D eigenvalue weighted by atomic mass is 79.9. The summed E-state index contributed by atoms with van der Waals surface area (Å²) in [6.07, 6.45) is -0.718. The van der Waals surface area contributed by atoms with E-state index < -0.39 is 24.2 Å². The molecule has 2 nitrogen and oxygen atoms in total. The summed E-state index contributed by atoms with van der Waals surface area (Å²) in [5, 5.41) is 10.1. The third-order valence-corrected chi connectivity index (χ3v) is 5.79. The minimum absolute atomic E-state index is 0.0680. The summed E-state index contributed by atoms with van der Waals surface area (Å²) in [6.45, 7) is 1.51. The zero-order chi connectivity index (χ0) is 13.2. The molecule has 0 aliphatic carbocycles. The summed E-state index contributed by atoms with van der Waals surface area (Å²) >= 11 is 7.20. The van der Waals surface area contributed by atoms with Gasteiger partial charge < -0.3 is 5.11 Å². The Morgan fingerprint density at radius 3 is 2.59 bits per heavy atom. The van der Waals surface area contributed by atoms with Crippen LogP contribution in [-0.2, 0) is 10.7 Å². The highest BCUT2D eigenvalue weighted by molar-refractivity contribution is 9.13. The Balaban J connectivity index is 2.81. The highest BCUT2D eigenvalue weighted by Crippen LogP contribution is 2.45. The molecule has 0 radical (unpaired) electrons. The fourth-order valence-corrected chi connectivity index (χ4v) is 3.72. The van der Waals surface area contributed by atoms with Crippen LogP contribution < -0.4 is 0 Å². The van der Waals surface area contributed by atoms with Crippen LogP contribution in [0.3, 0.4) is 0 Å². The van der Waals surface area contributed by atoms with Gasteiger partial charge >= 0.3 is 5.97 Å². The second-order valence-corrected chi connectivity index (χ2v) is 6.37. The maximum Gasteiger partial charge on any atom is 0.303 e. The number of rotatable bonds is 5. The van der Waals surface area contributed by atoms with Crippen LogP contribution in [0, 0.1) is 5.92 Å². The van der Waals surface area contributed by atoms with Crippen molar-refractivity contribution < 1.29 is 18.7 Å². The van der Waals surface area contributed by atoms with Crippen LogP contribution in [0.2, 0.25) is 0 Å². The van der Waals surface area contributed by atoms with E-state index in [1.54, 1.807) is 5.38 Å². The Bertz CT molecular complexity index is 420. The molecule has 7 heteroatoms. The van der Waals surface area contributed by atoms with E-state index >= 15 is 0 Å². The van der Waals surface area contributed by atoms with Crippen molar-refractivity contribution in [1.82, 2.24) is 0 Å². The van der Waals surface area contributed by atoms with Gasteiger partial charge in [0.25, 0.3) is 5.92 Å². The van der Waals surface area contributed by atoms with Crippen molar-refractivity contribution in [2.45, 2.75) is 25.7 Å². The molecule has 1 aromatic heterocycles. The van der Waals surface area contributed by atoms with Gasteiger partial charge in [0, 0.05) is 22.7 Å². The monoisotopic (exact) mass is 390 g/mol. The van der Waals surface area contributed by atoms with Gasteiger partial charge in [0.15, 0.2) is 0 Å². The first-order valence-corrected chi connectivity index (χ1v) is 7.23. The van der Waals surface area contributed by atoms with E-state index in [2.05, 4.69) is 31.9 Å². The summed E-state index contributed by atoms with van der Waals surface area (Å²) in [5.41, 5.74) is 0. The molecule has 0 saturated carbocycles. The van der Waals surface area contributed by atoms with E-state index in [1.165, 1.54) is 6.92 Å². The molecule has 0 aliphatic rings. The Morgan fingerprint density at radius 2 is 2.18 bits per heavy atom. The van der Waals surface area contributed by atoms with Crippen LogP contribution in [0.15, 0.2) is 14.3 Å².